The fraction of sp³-hybridized carbons (Fsp3) is 0.231. The molecule has 0 N–H and O–H groups in total. The Hall–Kier alpha value is -2.70. The monoisotopic (exact) mass is 454 g/mol. The van der Waals surface area contributed by atoms with Crippen LogP contribution in [0.5, 0.6) is 5.75 Å². The van der Waals surface area contributed by atoms with Crippen molar-refractivity contribution in [3.63, 3.8) is 0 Å². The van der Waals surface area contributed by atoms with Crippen molar-refractivity contribution in [2.24, 2.45) is 0 Å². The van der Waals surface area contributed by atoms with Gasteiger partial charge in [0, 0.05) is 16.2 Å². The number of halogens is 3. The summed E-state index contributed by atoms with van der Waals surface area (Å²) in [4.78, 5) is 1.18. The molecule has 0 spiro atoms. The third-order valence-electron chi connectivity index (χ3n) is 5.64. The van der Waals surface area contributed by atoms with Gasteiger partial charge in [-0.05, 0) is 52.9 Å². The molecular formula is C26H21F3O2S. The lowest BCUT2D eigenvalue weighted by molar-refractivity contribution is -0.137. The average Bonchev–Trinajstić information content (AvgIpc) is 3.18. The predicted molar refractivity (Wildman–Crippen MR) is 120 cm³/mol. The Morgan fingerprint density at radius 2 is 1.72 bits per heavy atom. The zero-order valence-corrected chi connectivity index (χ0v) is 18.0. The highest BCUT2D eigenvalue weighted by Crippen LogP contribution is 2.42. The van der Waals surface area contributed by atoms with Crippen molar-refractivity contribution >= 4 is 17.3 Å². The van der Waals surface area contributed by atoms with Gasteiger partial charge in [0.05, 0.1) is 18.8 Å². The standard InChI is InChI=1S/C26H21F3O2S/c27-26(28,29)19-7-10-24(25(13-19)31-20-14-30-15-20)23-9-6-18-12-21(8-11-22(18)23)32-16-17-4-2-1-3-5-17/h1-5,7-13,20H,6,14-16H2. The number of alkyl halides is 3. The molecule has 1 fully saturated rings. The van der Waals surface area contributed by atoms with Gasteiger partial charge in [-0.2, -0.15) is 13.2 Å². The van der Waals surface area contributed by atoms with E-state index in [0.717, 1.165) is 35.4 Å². The summed E-state index contributed by atoms with van der Waals surface area (Å²) >= 11 is 1.78. The molecule has 0 atom stereocenters. The molecule has 0 saturated carbocycles. The number of rotatable bonds is 6. The maximum Gasteiger partial charge on any atom is 0.416 e. The van der Waals surface area contributed by atoms with Gasteiger partial charge < -0.3 is 9.47 Å². The molecule has 1 aliphatic heterocycles. The van der Waals surface area contributed by atoms with E-state index in [1.54, 1.807) is 11.8 Å². The van der Waals surface area contributed by atoms with Gasteiger partial charge in [0.2, 0.25) is 0 Å². The second kappa shape index (κ2) is 8.68. The molecular weight excluding hydrogens is 433 g/mol. The molecule has 6 heteroatoms. The molecule has 0 bridgehead atoms. The van der Waals surface area contributed by atoms with Crippen molar-refractivity contribution in [1.29, 1.82) is 0 Å². The van der Waals surface area contributed by atoms with E-state index in [9.17, 15) is 13.2 Å². The quantitative estimate of drug-likeness (QED) is 0.383. The number of benzene rings is 3. The Bertz CT molecular complexity index is 1150. The predicted octanol–water partition coefficient (Wildman–Crippen LogP) is 6.76. The van der Waals surface area contributed by atoms with E-state index in [0.29, 0.717) is 18.8 Å². The second-order valence-corrected chi connectivity index (χ2v) is 8.95. The third-order valence-corrected chi connectivity index (χ3v) is 6.71. The van der Waals surface area contributed by atoms with Gasteiger partial charge in [-0.1, -0.05) is 48.5 Å². The minimum absolute atomic E-state index is 0.213. The van der Waals surface area contributed by atoms with Crippen LogP contribution in [-0.2, 0) is 23.1 Å². The molecule has 1 heterocycles. The molecule has 3 aromatic rings. The highest BCUT2D eigenvalue weighted by molar-refractivity contribution is 7.98. The SMILES string of the molecule is FC(F)(F)c1ccc(C2=CCc3cc(SCc4ccccc4)ccc32)c(OC2COC2)c1. The third kappa shape index (κ3) is 4.43. The lowest BCUT2D eigenvalue weighted by Crippen LogP contribution is -2.38. The minimum atomic E-state index is -4.42. The minimum Gasteiger partial charge on any atom is -0.485 e. The van der Waals surface area contributed by atoms with Crippen LogP contribution < -0.4 is 4.74 Å². The molecule has 0 unspecified atom stereocenters. The van der Waals surface area contributed by atoms with Gasteiger partial charge in [0.25, 0.3) is 0 Å². The van der Waals surface area contributed by atoms with Crippen molar-refractivity contribution in [3.8, 4) is 5.75 Å². The first kappa shape index (κ1) is 21.2. The van der Waals surface area contributed by atoms with Crippen LogP contribution in [0.1, 0.15) is 27.8 Å². The van der Waals surface area contributed by atoms with Crippen LogP contribution in [-0.4, -0.2) is 19.3 Å². The maximum absolute atomic E-state index is 13.3. The van der Waals surface area contributed by atoms with Gasteiger partial charge in [-0.15, -0.1) is 11.8 Å². The van der Waals surface area contributed by atoms with E-state index >= 15 is 0 Å². The number of hydrogen-bond acceptors (Lipinski definition) is 3. The highest BCUT2D eigenvalue weighted by atomic mass is 32.2. The van der Waals surface area contributed by atoms with Crippen LogP contribution in [0.15, 0.2) is 77.7 Å². The zero-order chi connectivity index (χ0) is 22.1. The van der Waals surface area contributed by atoms with Crippen LogP contribution in [0.25, 0.3) is 5.57 Å². The van der Waals surface area contributed by atoms with E-state index in [1.165, 1.54) is 22.1 Å². The number of thioether (sulfide) groups is 1. The molecule has 3 aromatic carbocycles. The number of hydrogen-bond donors (Lipinski definition) is 0. The Labute approximate surface area is 189 Å². The summed E-state index contributed by atoms with van der Waals surface area (Å²) < 4.78 is 50.9. The summed E-state index contributed by atoms with van der Waals surface area (Å²) in [6, 6.07) is 20.4. The normalized spacial score (nSPS) is 15.8. The van der Waals surface area contributed by atoms with E-state index in [1.807, 2.05) is 18.2 Å². The molecule has 32 heavy (non-hydrogen) atoms. The highest BCUT2D eigenvalue weighted by Gasteiger charge is 2.33. The van der Waals surface area contributed by atoms with E-state index in [4.69, 9.17) is 9.47 Å². The Kier molecular flexibility index (Phi) is 5.74. The van der Waals surface area contributed by atoms with Gasteiger partial charge >= 0.3 is 6.18 Å². The number of allylic oxidation sites excluding steroid dienone is 1. The molecule has 2 nitrogen and oxygen atoms in total. The molecule has 0 radical (unpaired) electrons. The molecule has 0 aromatic heterocycles. The smallest absolute Gasteiger partial charge is 0.416 e. The maximum atomic E-state index is 13.3. The summed E-state index contributed by atoms with van der Waals surface area (Å²) in [6.07, 6.45) is -1.81. The molecule has 5 rings (SSSR count). The molecule has 1 saturated heterocycles. The van der Waals surface area contributed by atoms with Gasteiger partial charge in [0.15, 0.2) is 0 Å². The number of ether oxygens (including phenoxy) is 2. The van der Waals surface area contributed by atoms with Crippen LogP contribution in [0.3, 0.4) is 0 Å². The van der Waals surface area contributed by atoms with Crippen molar-refractivity contribution in [1.82, 2.24) is 0 Å². The molecule has 164 valence electrons. The Morgan fingerprint density at radius 1 is 0.938 bits per heavy atom. The van der Waals surface area contributed by atoms with E-state index < -0.39 is 11.7 Å². The fourth-order valence-electron chi connectivity index (χ4n) is 3.89. The van der Waals surface area contributed by atoms with Crippen molar-refractivity contribution < 1.29 is 22.6 Å². The van der Waals surface area contributed by atoms with Crippen molar-refractivity contribution in [3.05, 3.63) is 101 Å². The van der Waals surface area contributed by atoms with Crippen LogP contribution in [0.2, 0.25) is 0 Å². The van der Waals surface area contributed by atoms with Gasteiger partial charge in [-0.3, -0.25) is 0 Å². The van der Waals surface area contributed by atoms with Crippen molar-refractivity contribution in [2.45, 2.75) is 29.3 Å². The van der Waals surface area contributed by atoms with Gasteiger partial charge in [0.1, 0.15) is 11.9 Å². The molecule has 2 aliphatic rings. The summed E-state index contributed by atoms with van der Waals surface area (Å²) in [5.74, 6) is 1.15. The summed E-state index contributed by atoms with van der Waals surface area (Å²) in [6.45, 7) is 0.792. The summed E-state index contributed by atoms with van der Waals surface area (Å²) in [7, 11) is 0. The van der Waals surface area contributed by atoms with Crippen LogP contribution >= 0.6 is 11.8 Å². The molecule has 0 amide bonds. The zero-order valence-electron chi connectivity index (χ0n) is 17.2. The first-order valence-electron chi connectivity index (χ1n) is 10.4. The fourth-order valence-corrected chi connectivity index (χ4v) is 4.81. The average molecular weight is 455 g/mol. The topological polar surface area (TPSA) is 18.5 Å². The van der Waals surface area contributed by atoms with Crippen molar-refractivity contribution in [2.75, 3.05) is 13.2 Å². The van der Waals surface area contributed by atoms with Gasteiger partial charge in [-0.25, -0.2) is 0 Å². The lowest BCUT2D eigenvalue weighted by Gasteiger charge is -2.28. The van der Waals surface area contributed by atoms with E-state index in [-0.39, 0.29) is 11.9 Å². The summed E-state index contributed by atoms with van der Waals surface area (Å²) in [5.41, 5.74) is 4.39. The molecule has 1 aliphatic carbocycles. The number of fused-ring (bicyclic) bond motifs is 1. The first-order valence-corrected chi connectivity index (χ1v) is 11.4. The van der Waals surface area contributed by atoms with E-state index in [2.05, 4.69) is 36.4 Å². The second-order valence-electron chi connectivity index (χ2n) is 7.90. The largest absolute Gasteiger partial charge is 0.485 e. The summed E-state index contributed by atoms with van der Waals surface area (Å²) in [5, 5.41) is 0. The lowest BCUT2D eigenvalue weighted by atomic mass is 9.97. The first-order chi connectivity index (χ1) is 15.5. The Balaban J connectivity index is 1.40. The van der Waals surface area contributed by atoms with Crippen LogP contribution in [0.4, 0.5) is 13.2 Å². The Morgan fingerprint density at radius 3 is 2.44 bits per heavy atom. The van der Waals surface area contributed by atoms with Crippen LogP contribution in [0, 0.1) is 0 Å².